The summed E-state index contributed by atoms with van der Waals surface area (Å²) in [5.74, 6) is 0.281. The van der Waals surface area contributed by atoms with Crippen LogP contribution in [0, 0.1) is 6.92 Å². The van der Waals surface area contributed by atoms with E-state index >= 15 is 0 Å². The van der Waals surface area contributed by atoms with Gasteiger partial charge in [0, 0.05) is 12.8 Å². The number of rotatable bonds is 3. The first-order valence-corrected chi connectivity index (χ1v) is 10.8. The summed E-state index contributed by atoms with van der Waals surface area (Å²) in [5.41, 5.74) is 8.75. The summed E-state index contributed by atoms with van der Waals surface area (Å²) < 4.78 is 0. The molecule has 0 amide bonds. The molecular formula is C27H32O2. The lowest BCUT2D eigenvalue weighted by Crippen LogP contribution is -2.34. The SMILES string of the molecule is Cc1cc2c(cc1Cc1ccc(C3=C(O)CCC3=O)cc1)C(C)(C)CCC2(C)C. The molecule has 0 fully saturated rings. The summed E-state index contributed by atoms with van der Waals surface area (Å²) in [6, 6.07) is 13.0. The van der Waals surface area contributed by atoms with Crippen LogP contribution < -0.4 is 0 Å². The van der Waals surface area contributed by atoms with Crippen LogP contribution in [0.15, 0.2) is 42.2 Å². The molecular weight excluding hydrogens is 356 g/mol. The summed E-state index contributed by atoms with van der Waals surface area (Å²) in [7, 11) is 0. The van der Waals surface area contributed by atoms with Crippen molar-refractivity contribution in [2.75, 3.05) is 0 Å². The van der Waals surface area contributed by atoms with Gasteiger partial charge in [-0.15, -0.1) is 0 Å². The number of carbonyl (C=O) groups excluding carboxylic acids is 1. The van der Waals surface area contributed by atoms with E-state index in [0.29, 0.717) is 18.4 Å². The Kier molecular flexibility index (Phi) is 4.72. The monoisotopic (exact) mass is 388 g/mol. The molecule has 0 aromatic heterocycles. The minimum Gasteiger partial charge on any atom is -0.512 e. The van der Waals surface area contributed by atoms with Crippen molar-refractivity contribution in [1.29, 1.82) is 0 Å². The number of hydrogen-bond donors (Lipinski definition) is 1. The first kappa shape index (κ1) is 19.9. The van der Waals surface area contributed by atoms with Gasteiger partial charge in [-0.05, 0) is 70.4 Å². The Morgan fingerprint density at radius 2 is 1.48 bits per heavy atom. The Morgan fingerprint density at radius 3 is 2.03 bits per heavy atom. The highest BCUT2D eigenvalue weighted by Crippen LogP contribution is 2.46. The lowest BCUT2D eigenvalue weighted by molar-refractivity contribution is -0.113. The molecule has 2 aromatic carbocycles. The average molecular weight is 389 g/mol. The second-order valence-electron chi connectivity index (χ2n) is 10.2. The third-order valence-electron chi connectivity index (χ3n) is 7.10. The fourth-order valence-electron chi connectivity index (χ4n) is 4.94. The van der Waals surface area contributed by atoms with Crippen molar-refractivity contribution in [1.82, 2.24) is 0 Å². The van der Waals surface area contributed by atoms with Crippen molar-refractivity contribution in [3.63, 3.8) is 0 Å². The van der Waals surface area contributed by atoms with Crippen molar-refractivity contribution in [2.45, 2.75) is 77.6 Å². The zero-order valence-corrected chi connectivity index (χ0v) is 18.4. The summed E-state index contributed by atoms with van der Waals surface area (Å²) in [4.78, 5) is 12.0. The van der Waals surface area contributed by atoms with Gasteiger partial charge in [0.25, 0.3) is 0 Å². The van der Waals surface area contributed by atoms with Crippen LogP contribution in [0.2, 0.25) is 0 Å². The number of Topliss-reactive ketones (excluding diaryl/α,β-unsaturated/α-hetero) is 1. The highest BCUT2D eigenvalue weighted by molar-refractivity contribution is 6.23. The number of benzene rings is 2. The molecule has 2 nitrogen and oxygen atoms in total. The molecule has 0 atom stereocenters. The third kappa shape index (κ3) is 3.54. The van der Waals surface area contributed by atoms with Crippen LogP contribution in [-0.4, -0.2) is 10.9 Å². The Bertz CT molecular complexity index is 1000. The van der Waals surface area contributed by atoms with Crippen LogP contribution in [0.3, 0.4) is 0 Å². The molecule has 1 N–H and O–H groups in total. The number of aliphatic hydroxyl groups excluding tert-OH is 1. The number of carbonyl (C=O) groups is 1. The summed E-state index contributed by atoms with van der Waals surface area (Å²) >= 11 is 0. The van der Waals surface area contributed by atoms with Crippen LogP contribution >= 0.6 is 0 Å². The second kappa shape index (κ2) is 6.86. The molecule has 2 heteroatoms. The van der Waals surface area contributed by atoms with Gasteiger partial charge in [-0.3, -0.25) is 4.79 Å². The maximum atomic E-state index is 12.0. The van der Waals surface area contributed by atoms with E-state index in [1.807, 2.05) is 12.1 Å². The standard InChI is InChI=1S/C27H32O2/c1-17-14-21-22(27(4,5)13-12-26(21,2)3)16-20(17)15-18-6-8-19(9-7-18)25-23(28)10-11-24(25)29/h6-9,14,16,28H,10-13,15H2,1-5H3. The van der Waals surface area contributed by atoms with Gasteiger partial charge in [0.05, 0.1) is 5.57 Å². The van der Waals surface area contributed by atoms with E-state index < -0.39 is 0 Å². The van der Waals surface area contributed by atoms with Gasteiger partial charge in [-0.25, -0.2) is 0 Å². The number of aliphatic hydroxyl groups is 1. The predicted octanol–water partition coefficient (Wildman–Crippen LogP) is 6.57. The van der Waals surface area contributed by atoms with Crippen LogP contribution in [-0.2, 0) is 22.0 Å². The molecule has 2 aromatic rings. The van der Waals surface area contributed by atoms with Gasteiger partial charge in [-0.2, -0.15) is 0 Å². The van der Waals surface area contributed by atoms with E-state index in [-0.39, 0.29) is 22.4 Å². The molecule has 0 spiro atoms. The van der Waals surface area contributed by atoms with E-state index in [0.717, 1.165) is 12.0 Å². The number of allylic oxidation sites excluding steroid dienone is 2. The zero-order chi connectivity index (χ0) is 21.0. The van der Waals surface area contributed by atoms with Crippen molar-refractivity contribution in [2.24, 2.45) is 0 Å². The molecule has 2 aliphatic carbocycles. The molecule has 152 valence electrons. The molecule has 0 aliphatic heterocycles. The minimum absolute atomic E-state index is 0.0469. The largest absolute Gasteiger partial charge is 0.512 e. The van der Waals surface area contributed by atoms with Gasteiger partial charge in [-0.1, -0.05) is 64.1 Å². The van der Waals surface area contributed by atoms with E-state index in [9.17, 15) is 9.90 Å². The Labute approximate surface area is 174 Å². The van der Waals surface area contributed by atoms with E-state index in [1.54, 1.807) is 0 Å². The summed E-state index contributed by atoms with van der Waals surface area (Å²) in [6.07, 6.45) is 4.22. The normalized spacial score (nSPS) is 20.1. The Balaban J connectivity index is 1.65. The van der Waals surface area contributed by atoms with Crippen molar-refractivity contribution in [3.05, 3.63) is 75.5 Å². The molecule has 2 aliphatic rings. The highest BCUT2D eigenvalue weighted by Gasteiger charge is 2.37. The maximum absolute atomic E-state index is 12.0. The Hall–Kier alpha value is -2.35. The van der Waals surface area contributed by atoms with E-state index in [4.69, 9.17) is 0 Å². The Morgan fingerprint density at radius 1 is 0.897 bits per heavy atom. The van der Waals surface area contributed by atoms with E-state index in [2.05, 4.69) is 58.9 Å². The first-order chi connectivity index (χ1) is 13.6. The quantitative estimate of drug-likeness (QED) is 0.646. The van der Waals surface area contributed by atoms with Crippen LogP contribution in [0.4, 0.5) is 0 Å². The lowest BCUT2D eigenvalue weighted by Gasteiger charge is -2.42. The number of hydrogen-bond acceptors (Lipinski definition) is 2. The first-order valence-electron chi connectivity index (χ1n) is 10.8. The van der Waals surface area contributed by atoms with Gasteiger partial charge in [0.15, 0.2) is 5.78 Å². The third-order valence-corrected chi connectivity index (χ3v) is 7.10. The topological polar surface area (TPSA) is 37.3 Å². The predicted molar refractivity (Wildman–Crippen MR) is 120 cm³/mol. The highest BCUT2D eigenvalue weighted by atomic mass is 16.3. The average Bonchev–Trinajstić information content (AvgIpc) is 2.99. The molecule has 0 radical (unpaired) electrons. The number of aryl methyl sites for hydroxylation is 1. The lowest BCUT2D eigenvalue weighted by atomic mass is 9.62. The van der Waals surface area contributed by atoms with Crippen molar-refractivity contribution >= 4 is 11.4 Å². The van der Waals surface area contributed by atoms with Crippen molar-refractivity contribution in [3.8, 4) is 0 Å². The smallest absolute Gasteiger partial charge is 0.167 e. The molecule has 29 heavy (non-hydrogen) atoms. The van der Waals surface area contributed by atoms with Gasteiger partial charge >= 0.3 is 0 Å². The molecule has 0 saturated heterocycles. The number of ketones is 1. The van der Waals surface area contributed by atoms with Crippen molar-refractivity contribution < 1.29 is 9.90 Å². The van der Waals surface area contributed by atoms with E-state index in [1.165, 1.54) is 40.7 Å². The van der Waals surface area contributed by atoms with Gasteiger partial charge in [0.1, 0.15) is 5.76 Å². The maximum Gasteiger partial charge on any atom is 0.167 e. The summed E-state index contributed by atoms with van der Waals surface area (Å²) in [6.45, 7) is 11.7. The number of fused-ring (bicyclic) bond motifs is 1. The summed E-state index contributed by atoms with van der Waals surface area (Å²) in [5, 5.41) is 10.0. The fourth-order valence-corrected chi connectivity index (χ4v) is 4.94. The molecule has 0 unspecified atom stereocenters. The fraction of sp³-hybridized carbons (Fsp3) is 0.444. The zero-order valence-electron chi connectivity index (χ0n) is 18.4. The molecule has 0 saturated carbocycles. The molecule has 4 rings (SSSR count). The second-order valence-corrected chi connectivity index (χ2v) is 10.2. The van der Waals surface area contributed by atoms with Crippen LogP contribution in [0.1, 0.15) is 86.8 Å². The van der Waals surface area contributed by atoms with Gasteiger partial charge in [0.2, 0.25) is 0 Å². The van der Waals surface area contributed by atoms with Gasteiger partial charge < -0.3 is 5.11 Å². The minimum atomic E-state index is 0.0469. The molecule has 0 heterocycles. The van der Waals surface area contributed by atoms with Crippen LogP contribution in [0.25, 0.3) is 5.57 Å². The van der Waals surface area contributed by atoms with Crippen LogP contribution in [0.5, 0.6) is 0 Å². The molecule has 0 bridgehead atoms.